The maximum Gasteiger partial charge on any atom is 0.247 e. The summed E-state index contributed by atoms with van der Waals surface area (Å²) in [6, 6.07) is 7.51. The maximum atomic E-state index is 13.6. The number of fused-ring (bicyclic) bond motifs is 2. The fraction of sp³-hybridized carbons (Fsp3) is 0.379. The zero-order chi connectivity index (χ0) is 28.6. The number of aromatic nitrogens is 1. The summed E-state index contributed by atoms with van der Waals surface area (Å²) in [5, 5.41) is 6.57. The van der Waals surface area contributed by atoms with Crippen molar-refractivity contribution >= 4 is 34.3 Å². The van der Waals surface area contributed by atoms with Crippen molar-refractivity contribution in [3.63, 3.8) is 0 Å². The second-order valence-electron chi connectivity index (χ2n) is 10.1. The van der Waals surface area contributed by atoms with Gasteiger partial charge in [-0.1, -0.05) is 42.5 Å². The molecule has 4 rings (SSSR count). The number of nitrogens with two attached hydrogens (primary N) is 3. The first kappa shape index (κ1) is 28.9. The molecule has 11 heteroatoms. The molecular weight excluding hydrogens is 508 g/mol. The highest BCUT2D eigenvalue weighted by atomic mass is 16.2. The molecule has 0 saturated carbocycles. The van der Waals surface area contributed by atoms with E-state index in [9.17, 15) is 14.4 Å². The summed E-state index contributed by atoms with van der Waals surface area (Å²) in [7, 11) is 1.98. The summed E-state index contributed by atoms with van der Waals surface area (Å²) in [6.45, 7) is 1.19. The molecule has 4 atom stereocenters. The van der Waals surface area contributed by atoms with Gasteiger partial charge in [-0.3, -0.25) is 19.4 Å². The number of pyridine rings is 1. The van der Waals surface area contributed by atoms with Crippen LogP contribution in [0.25, 0.3) is 10.9 Å². The lowest BCUT2D eigenvalue weighted by molar-refractivity contribution is -0.134. The van der Waals surface area contributed by atoms with Crippen molar-refractivity contribution in [1.29, 1.82) is 0 Å². The Morgan fingerprint density at radius 3 is 2.55 bits per heavy atom. The van der Waals surface area contributed by atoms with Gasteiger partial charge in [0.15, 0.2) is 0 Å². The molecule has 8 N–H and O–H groups in total. The predicted octanol–water partition coefficient (Wildman–Crippen LogP) is 0.452. The van der Waals surface area contributed by atoms with Crippen LogP contribution in [-0.4, -0.2) is 83.9 Å². The highest BCUT2D eigenvalue weighted by Gasteiger charge is 2.35. The lowest BCUT2D eigenvalue weighted by Gasteiger charge is -2.26. The molecule has 2 aliphatic rings. The highest BCUT2D eigenvalue weighted by Crippen LogP contribution is 2.34. The zero-order valence-electron chi connectivity index (χ0n) is 22.7. The van der Waals surface area contributed by atoms with Crippen molar-refractivity contribution in [2.75, 3.05) is 38.5 Å². The lowest BCUT2D eigenvalue weighted by Crippen LogP contribution is -2.52. The first-order valence-electron chi connectivity index (χ1n) is 13.5. The van der Waals surface area contributed by atoms with E-state index in [1.807, 2.05) is 55.7 Å². The average molecular weight is 547 g/mol. The molecule has 212 valence electrons. The van der Waals surface area contributed by atoms with E-state index in [1.54, 1.807) is 6.20 Å². The molecule has 0 bridgehead atoms. The first-order valence-corrected chi connectivity index (χ1v) is 13.5. The minimum Gasteiger partial charge on any atom is -0.373 e. The molecule has 40 heavy (non-hydrogen) atoms. The molecule has 3 amide bonds. The number of para-hydroxylation sites is 1. The Kier molecular flexibility index (Phi) is 9.65. The Bertz CT molecular complexity index is 1320. The second kappa shape index (κ2) is 13.3. The van der Waals surface area contributed by atoms with Crippen molar-refractivity contribution < 1.29 is 14.4 Å². The maximum absolute atomic E-state index is 13.6. The Hall–Kier alpha value is -4.06. The minimum absolute atomic E-state index is 0.0841. The van der Waals surface area contributed by atoms with Gasteiger partial charge < -0.3 is 37.6 Å². The number of amides is 3. The van der Waals surface area contributed by atoms with Crippen molar-refractivity contribution in [3.8, 4) is 0 Å². The van der Waals surface area contributed by atoms with E-state index in [0.717, 1.165) is 16.5 Å². The fourth-order valence-electron chi connectivity index (χ4n) is 5.13. The number of benzene rings is 1. The van der Waals surface area contributed by atoms with Gasteiger partial charge in [-0.05, 0) is 30.3 Å². The van der Waals surface area contributed by atoms with Crippen LogP contribution in [0.3, 0.4) is 0 Å². The van der Waals surface area contributed by atoms with E-state index in [2.05, 4.69) is 32.7 Å². The number of likely N-dealkylation sites (N-methyl/N-ethyl adjacent to an activating group) is 1. The highest BCUT2D eigenvalue weighted by molar-refractivity contribution is 5.99. The number of nitrogens with zero attached hydrogens (tertiary/aromatic N) is 3. The third-order valence-electron chi connectivity index (χ3n) is 7.19. The van der Waals surface area contributed by atoms with Crippen molar-refractivity contribution in [2.45, 2.75) is 31.0 Å². The van der Waals surface area contributed by atoms with Gasteiger partial charge in [0.2, 0.25) is 17.7 Å². The van der Waals surface area contributed by atoms with Crippen molar-refractivity contribution in [3.05, 3.63) is 72.6 Å². The summed E-state index contributed by atoms with van der Waals surface area (Å²) in [5.41, 5.74) is 19.7. The summed E-state index contributed by atoms with van der Waals surface area (Å²) >= 11 is 0. The fourth-order valence-corrected chi connectivity index (χ4v) is 5.13. The van der Waals surface area contributed by atoms with Gasteiger partial charge in [0.25, 0.3) is 0 Å². The number of carbonyl (C=O) groups is 3. The van der Waals surface area contributed by atoms with Crippen molar-refractivity contribution in [2.24, 2.45) is 23.1 Å². The molecule has 1 aliphatic heterocycles. The number of hydrogen-bond donors (Lipinski definition) is 5. The molecule has 0 saturated heterocycles. The first-order chi connectivity index (χ1) is 19.3. The van der Waals surface area contributed by atoms with Gasteiger partial charge >= 0.3 is 0 Å². The smallest absolute Gasteiger partial charge is 0.247 e. The molecular formula is C29H38N8O3. The summed E-state index contributed by atoms with van der Waals surface area (Å²) < 4.78 is 0. The minimum atomic E-state index is -1.14. The van der Waals surface area contributed by atoms with E-state index in [1.165, 1.54) is 4.90 Å². The largest absolute Gasteiger partial charge is 0.373 e. The summed E-state index contributed by atoms with van der Waals surface area (Å²) in [5.74, 6) is -1.22. The third kappa shape index (κ3) is 6.92. The van der Waals surface area contributed by atoms with Gasteiger partial charge in [-0.15, -0.1) is 0 Å². The molecule has 11 nitrogen and oxygen atoms in total. The second-order valence-corrected chi connectivity index (χ2v) is 10.1. The van der Waals surface area contributed by atoms with Crippen molar-refractivity contribution in [1.82, 2.24) is 20.1 Å². The molecule has 0 fully saturated rings. The van der Waals surface area contributed by atoms with E-state index < -0.39 is 23.9 Å². The van der Waals surface area contributed by atoms with Crippen LogP contribution >= 0.6 is 0 Å². The Balaban J connectivity index is 1.50. The molecule has 2 unspecified atom stereocenters. The molecule has 1 aliphatic carbocycles. The van der Waals surface area contributed by atoms with Crippen LogP contribution in [0.5, 0.6) is 0 Å². The van der Waals surface area contributed by atoms with Crippen LogP contribution < -0.4 is 27.8 Å². The molecule has 1 aromatic heterocycles. The van der Waals surface area contributed by atoms with Gasteiger partial charge in [0, 0.05) is 44.5 Å². The van der Waals surface area contributed by atoms with Gasteiger partial charge in [0.1, 0.15) is 6.04 Å². The van der Waals surface area contributed by atoms with E-state index in [4.69, 9.17) is 17.2 Å². The van der Waals surface area contributed by atoms with Crippen LogP contribution in [0, 0.1) is 5.92 Å². The van der Waals surface area contributed by atoms with E-state index in [-0.39, 0.29) is 43.8 Å². The molecule has 0 spiro atoms. The number of allylic oxidation sites excluding steroid dienone is 2. The quantitative estimate of drug-likeness (QED) is 0.255. The Morgan fingerprint density at radius 1 is 1.07 bits per heavy atom. The molecule has 0 radical (unpaired) electrons. The van der Waals surface area contributed by atoms with Crippen LogP contribution in [0.2, 0.25) is 0 Å². The number of nitrogens with one attached hydrogen (secondary N) is 2. The van der Waals surface area contributed by atoms with Gasteiger partial charge in [0.05, 0.1) is 35.9 Å². The van der Waals surface area contributed by atoms with Crippen LogP contribution in [-0.2, 0) is 14.4 Å². The van der Waals surface area contributed by atoms with E-state index >= 15 is 0 Å². The topological polar surface area (TPSA) is 173 Å². The zero-order valence-corrected chi connectivity index (χ0v) is 22.7. The van der Waals surface area contributed by atoms with Crippen LogP contribution in [0.15, 0.2) is 72.6 Å². The van der Waals surface area contributed by atoms with Crippen LogP contribution in [0.4, 0.5) is 5.69 Å². The SMILES string of the molecule is CN1C=C(C[C@H](NC(=O)[C@@H](N)CC(=O)N(CCN)CCN)C(=O)Nc2cnc3ccccc3c2)C2C=CC=CC21. The predicted molar refractivity (Wildman–Crippen MR) is 156 cm³/mol. The number of carbonyl (C=O) groups excluding carboxylic acids is 3. The Labute approximate surface area is 234 Å². The third-order valence-corrected chi connectivity index (χ3v) is 7.19. The normalized spacial score (nSPS) is 19.1. The number of rotatable bonds is 12. The van der Waals surface area contributed by atoms with Crippen LogP contribution in [0.1, 0.15) is 12.8 Å². The van der Waals surface area contributed by atoms with Gasteiger partial charge in [-0.25, -0.2) is 0 Å². The molecule has 2 aromatic rings. The Morgan fingerprint density at radius 2 is 1.80 bits per heavy atom. The van der Waals surface area contributed by atoms with Gasteiger partial charge in [-0.2, -0.15) is 0 Å². The molecule has 1 aromatic carbocycles. The molecule has 2 heterocycles. The number of anilines is 1. The summed E-state index contributed by atoms with van der Waals surface area (Å²) in [4.78, 5) is 47.5. The monoisotopic (exact) mass is 546 g/mol. The average Bonchev–Trinajstić information content (AvgIpc) is 3.27. The lowest BCUT2D eigenvalue weighted by atomic mass is 9.87. The van der Waals surface area contributed by atoms with E-state index in [0.29, 0.717) is 18.8 Å². The number of hydrogen-bond acceptors (Lipinski definition) is 8. The standard InChI is InChI=1S/C29H38N8O3/c1-36-18-20(22-7-3-5-9-26(22)36)15-25(29(40)34-21-14-19-6-2-4-8-24(19)33-17-21)35-28(39)23(32)16-27(38)37(12-10-30)13-11-31/h2-9,14,17-18,22-23,25-26H,10-13,15-16,30-32H2,1H3,(H,34,40)(H,35,39)/t22?,23-,25-,26?/m0/s1. The summed E-state index contributed by atoms with van der Waals surface area (Å²) in [6.07, 6.45) is 11.8.